The average molecular weight is 287 g/mol. The molecule has 0 amide bonds. The second-order valence-corrected chi connectivity index (χ2v) is 4.60. The van der Waals surface area contributed by atoms with Gasteiger partial charge in [0, 0.05) is 12.6 Å². The van der Waals surface area contributed by atoms with E-state index in [2.05, 4.69) is 25.7 Å². The van der Waals surface area contributed by atoms with Crippen molar-refractivity contribution in [1.82, 2.24) is 30.5 Å². The first kappa shape index (κ1) is 13.2. The first-order chi connectivity index (χ1) is 8.60. The lowest BCUT2D eigenvalue weighted by atomic mass is 10.1. The standard InChI is InChI=1S/C10H12Cl2N6/c1-13-8(4-9-15-17-18(2)16-9)10-7(12)3-6(11)5-14-10/h3,5,8,13H,4H2,1-2H3. The Hall–Kier alpha value is -1.24. The van der Waals surface area contributed by atoms with Gasteiger partial charge in [0.1, 0.15) is 0 Å². The Bertz CT molecular complexity index is 541. The summed E-state index contributed by atoms with van der Waals surface area (Å²) in [6.45, 7) is 0. The molecule has 0 fully saturated rings. The van der Waals surface area contributed by atoms with Gasteiger partial charge in [0.2, 0.25) is 0 Å². The van der Waals surface area contributed by atoms with Gasteiger partial charge < -0.3 is 5.32 Å². The highest BCUT2D eigenvalue weighted by Crippen LogP contribution is 2.25. The zero-order valence-electron chi connectivity index (χ0n) is 9.93. The van der Waals surface area contributed by atoms with Crippen LogP contribution in [0.15, 0.2) is 12.3 Å². The number of nitrogens with one attached hydrogen (secondary N) is 1. The van der Waals surface area contributed by atoms with Gasteiger partial charge in [-0.1, -0.05) is 23.2 Å². The molecule has 6 nitrogen and oxygen atoms in total. The van der Waals surface area contributed by atoms with Crippen molar-refractivity contribution in [3.05, 3.63) is 33.8 Å². The van der Waals surface area contributed by atoms with Gasteiger partial charge in [-0.3, -0.25) is 4.98 Å². The SMILES string of the molecule is CNC(Cc1nnn(C)n1)c1ncc(Cl)cc1Cl. The minimum atomic E-state index is -0.0843. The number of aromatic nitrogens is 5. The minimum Gasteiger partial charge on any atom is -0.311 e. The van der Waals surface area contributed by atoms with E-state index in [1.54, 1.807) is 19.3 Å². The summed E-state index contributed by atoms with van der Waals surface area (Å²) in [7, 11) is 3.55. The number of tetrazole rings is 1. The number of hydrogen-bond donors (Lipinski definition) is 1. The molecule has 0 bridgehead atoms. The van der Waals surface area contributed by atoms with Crippen LogP contribution in [0.2, 0.25) is 10.0 Å². The van der Waals surface area contributed by atoms with Gasteiger partial charge in [0.05, 0.1) is 28.8 Å². The van der Waals surface area contributed by atoms with E-state index in [9.17, 15) is 0 Å². The molecular formula is C10H12Cl2N6. The van der Waals surface area contributed by atoms with E-state index < -0.39 is 0 Å². The fourth-order valence-electron chi connectivity index (χ4n) is 1.60. The van der Waals surface area contributed by atoms with Crippen LogP contribution < -0.4 is 5.32 Å². The molecule has 8 heteroatoms. The van der Waals surface area contributed by atoms with Crippen molar-refractivity contribution in [3.63, 3.8) is 0 Å². The first-order valence-electron chi connectivity index (χ1n) is 5.31. The van der Waals surface area contributed by atoms with Crippen LogP contribution in [0.4, 0.5) is 0 Å². The van der Waals surface area contributed by atoms with Crippen molar-refractivity contribution in [2.45, 2.75) is 12.5 Å². The lowest BCUT2D eigenvalue weighted by Crippen LogP contribution is -2.21. The summed E-state index contributed by atoms with van der Waals surface area (Å²) >= 11 is 11.9. The van der Waals surface area contributed by atoms with Crippen molar-refractivity contribution in [2.75, 3.05) is 7.05 Å². The summed E-state index contributed by atoms with van der Waals surface area (Å²) in [6.07, 6.45) is 2.12. The van der Waals surface area contributed by atoms with E-state index in [1.807, 2.05) is 7.05 Å². The molecule has 0 aliphatic rings. The molecule has 0 radical (unpaired) electrons. The topological polar surface area (TPSA) is 68.5 Å². The molecule has 2 heterocycles. The molecule has 0 aromatic carbocycles. The molecule has 1 N–H and O–H groups in total. The molecule has 0 aliphatic carbocycles. The van der Waals surface area contributed by atoms with Crippen LogP contribution in [0, 0.1) is 0 Å². The summed E-state index contributed by atoms with van der Waals surface area (Å²) in [4.78, 5) is 5.66. The van der Waals surface area contributed by atoms with Gasteiger partial charge in [-0.25, -0.2) is 0 Å². The quantitative estimate of drug-likeness (QED) is 0.921. The predicted octanol–water partition coefficient (Wildman–Crippen LogP) is 1.42. The zero-order chi connectivity index (χ0) is 13.1. The van der Waals surface area contributed by atoms with E-state index in [4.69, 9.17) is 23.2 Å². The van der Waals surface area contributed by atoms with Crippen molar-refractivity contribution in [1.29, 1.82) is 0 Å². The Balaban J connectivity index is 2.22. The smallest absolute Gasteiger partial charge is 0.176 e. The number of likely N-dealkylation sites (N-methyl/N-ethyl adjacent to an activating group) is 1. The number of pyridine rings is 1. The number of nitrogens with zero attached hydrogens (tertiary/aromatic N) is 5. The van der Waals surface area contributed by atoms with Gasteiger partial charge in [-0.05, 0) is 18.3 Å². The maximum atomic E-state index is 6.13. The highest BCUT2D eigenvalue weighted by molar-refractivity contribution is 6.34. The Labute approximate surface area is 114 Å². The van der Waals surface area contributed by atoms with E-state index in [1.165, 1.54) is 4.80 Å². The van der Waals surface area contributed by atoms with Gasteiger partial charge >= 0.3 is 0 Å². The Morgan fingerprint density at radius 3 is 2.78 bits per heavy atom. The van der Waals surface area contributed by atoms with Gasteiger partial charge in [0.25, 0.3) is 0 Å². The molecule has 96 valence electrons. The fraction of sp³-hybridized carbons (Fsp3) is 0.400. The number of halogens is 2. The first-order valence-corrected chi connectivity index (χ1v) is 6.07. The highest BCUT2D eigenvalue weighted by atomic mass is 35.5. The van der Waals surface area contributed by atoms with Crippen LogP contribution in [-0.2, 0) is 13.5 Å². The van der Waals surface area contributed by atoms with Crippen molar-refractivity contribution < 1.29 is 0 Å². The lowest BCUT2D eigenvalue weighted by Gasteiger charge is -2.15. The molecule has 2 aromatic rings. The number of hydrogen-bond acceptors (Lipinski definition) is 5. The Morgan fingerprint density at radius 1 is 1.44 bits per heavy atom. The normalized spacial score (nSPS) is 12.7. The van der Waals surface area contributed by atoms with Crippen molar-refractivity contribution in [3.8, 4) is 0 Å². The van der Waals surface area contributed by atoms with Crippen molar-refractivity contribution >= 4 is 23.2 Å². The van der Waals surface area contributed by atoms with Gasteiger partial charge in [-0.2, -0.15) is 4.80 Å². The molecule has 1 unspecified atom stereocenters. The van der Waals surface area contributed by atoms with Crippen LogP contribution >= 0.6 is 23.2 Å². The summed E-state index contributed by atoms with van der Waals surface area (Å²) in [5.41, 5.74) is 0.719. The van der Waals surface area contributed by atoms with Gasteiger partial charge in [-0.15, -0.1) is 10.2 Å². The van der Waals surface area contributed by atoms with Crippen LogP contribution in [-0.4, -0.2) is 32.2 Å². The maximum absolute atomic E-state index is 6.13. The molecule has 2 rings (SSSR count). The van der Waals surface area contributed by atoms with E-state index in [0.717, 1.165) is 5.69 Å². The average Bonchev–Trinajstić information content (AvgIpc) is 2.72. The molecule has 0 saturated heterocycles. The van der Waals surface area contributed by atoms with Crippen LogP contribution in [0.5, 0.6) is 0 Å². The zero-order valence-corrected chi connectivity index (χ0v) is 11.4. The summed E-state index contributed by atoms with van der Waals surface area (Å²) < 4.78 is 0. The second kappa shape index (κ2) is 5.60. The molecule has 1 atom stereocenters. The summed E-state index contributed by atoms with van der Waals surface area (Å²) in [6, 6.07) is 1.58. The molecule has 18 heavy (non-hydrogen) atoms. The third kappa shape index (κ3) is 2.95. The van der Waals surface area contributed by atoms with Crippen LogP contribution in [0.25, 0.3) is 0 Å². The van der Waals surface area contributed by atoms with Crippen molar-refractivity contribution in [2.24, 2.45) is 7.05 Å². The maximum Gasteiger partial charge on any atom is 0.176 e. The second-order valence-electron chi connectivity index (χ2n) is 3.76. The monoisotopic (exact) mass is 286 g/mol. The molecule has 0 spiro atoms. The predicted molar refractivity (Wildman–Crippen MR) is 68.6 cm³/mol. The summed E-state index contributed by atoms with van der Waals surface area (Å²) in [5.74, 6) is 0.629. The van der Waals surface area contributed by atoms with Crippen LogP contribution in [0.3, 0.4) is 0 Å². The molecular weight excluding hydrogens is 275 g/mol. The van der Waals surface area contributed by atoms with Crippen LogP contribution in [0.1, 0.15) is 17.6 Å². The largest absolute Gasteiger partial charge is 0.311 e. The highest BCUT2D eigenvalue weighted by Gasteiger charge is 2.17. The number of rotatable bonds is 4. The Kier molecular flexibility index (Phi) is 4.11. The van der Waals surface area contributed by atoms with Gasteiger partial charge in [0.15, 0.2) is 5.82 Å². The lowest BCUT2D eigenvalue weighted by molar-refractivity contribution is 0.557. The van der Waals surface area contributed by atoms with E-state index in [0.29, 0.717) is 22.3 Å². The molecule has 2 aromatic heterocycles. The van der Waals surface area contributed by atoms with E-state index >= 15 is 0 Å². The van der Waals surface area contributed by atoms with E-state index in [-0.39, 0.29) is 6.04 Å². The number of aryl methyl sites for hydroxylation is 1. The Morgan fingerprint density at radius 2 is 2.22 bits per heavy atom. The molecule has 0 saturated carbocycles. The molecule has 0 aliphatic heterocycles. The third-order valence-corrected chi connectivity index (χ3v) is 2.96. The summed E-state index contributed by atoms with van der Waals surface area (Å²) in [5, 5.41) is 16.0. The minimum absolute atomic E-state index is 0.0843. The third-order valence-electron chi connectivity index (χ3n) is 2.45. The fourth-order valence-corrected chi connectivity index (χ4v) is 2.12.